The molecule has 0 saturated carbocycles. The number of aryl methyl sites for hydroxylation is 2. The third-order valence-electron chi connectivity index (χ3n) is 4.27. The fourth-order valence-corrected chi connectivity index (χ4v) is 4.00. The Hall–Kier alpha value is -1.96. The van der Waals surface area contributed by atoms with Gasteiger partial charge in [-0.05, 0) is 41.7 Å². The standard InChI is InChI=1S/C19H23O5P2/c1-5-19(6-2,22-18-14(3)9-7-10-15(18)4)26(21)24-17-12-8-11-16(13-17)23-25-20/h7-13H,5-6H2,1-4H3/q+1. The third-order valence-corrected chi connectivity index (χ3v) is 6.33. The molecule has 5 nitrogen and oxygen atoms in total. The molecule has 0 aliphatic heterocycles. The van der Waals surface area contributed by atoms with Crippen LogP contribution >= 0.6 is 16.7 Å². The van der Waals surface area contributed by atoms with E-state index in [1.165, 1.54) is 0 Å². The van der Waals surface area contributed by atoms with Gasteiger partial charge in [-0.2, -0.15) is 0 Å². The molecule has 1 unspecified atom stereocenters. The van der Waals surface area contributed by atoms with E-state index < -0.39 is 22.1 Å². The molecule has 7 heteroatoms. The Morgan fingerprint density at radius 3 is 2.15 bits per heavy atom. The van der Waals surface area contributed by atoms with Crippen LogP contribution in [-0.2, 0) is 9.13 Å². The van der Waals surface area contributed by atoms with Gasteiger partial charge in [0.25, 0.3) is 0 Å². The maximum absolute atomic E-state index is 13.1. The fraction of sp³-hybridized carbons (Fsp3) is 0.368. The van der Waals surface area contributed by atoms with Crippen molar-refractivity contribution >= 4 is 16.7 Å². The van der Waals surface area contributed by atoms with Gasteiger partial charge >= 0.3 is 22.1 Å². The van der Waals surface area contributed by atoms with Crippen molar-refractivity contribution in [1.29, 1.82) is 0 Å². The molecule has 0 amide bonds. The van der Waals surface area contributed by atoms with Crippen LogP contribution < -0.4 is 13.8 Å². The second kappa shape index (κ2) is 9.12. The third kappa shape index (κ3) is 4.60. The first-order valence-electron chi connectivity index (χ1n) is 8.46. The minimum atomic E-state index is -2.18. The molecule has 0 aliphatic carbocycles. The molecule has 0 spiro atoms. The zero-order valence-corrected chi connectivity index (χ0v) is 17.2. The molecule has 0 fully saturated rings. The second-order valence-corrected chi connectivity index (χ2v) is 7.81. The Morgan fingerprint density at radius 2 is 1.58 bits per heavy atom. The zero-order valence-electron chi connectivity index (χ0n) is 15.4. The van der Waals surface area contributed by atoms with Crippen LogP contribution in [0.25, 0.3) is 0 Å². The number of benzene rings is 2. The van der Waals surface area contributed by atoms with Crippen LogP contribution in [-0.4, -0.2) is 5.34 Å². The van der Waals surface area contributed by atoms with Crippen molar-refractivity contribution in [1.82, 2.24) is 0 Å². The van der Waals surface area contributed by atoms with Gasteiger partial charge in [0.15, 0.2) is 5.75 Å². The maximum atomic E-state index is 13.1. The van der Waals surface area contributed by atoms with Crippen LogP contribution in [0.3, 0.4) is 0 Å². The first kappa shape index (κ1) is 20.4. The van der Waals surface area contributed by atoms with Crippen LogP contribution in [0.4, 0.5) is 0 Å². The highest BCUT2D eigenvalue weighted by Crippen LogP contribution is 2.48. The van der Waals surface area contributed by atoms with E-state index in [4.69, 9.17) is 13.8 Å². The summed E-state index contributed by atoms with van der Waals surface area (Å²) < 4.78 is 40.6. The lowest BCUT2D eigenvalue weighted by Crippen LogP contribution is -2.32. The van der Waals surface area contributed by atoms with E-state index in [2.05, 4.69) is 0 Å². The normalized spacial score (nSPS) is 11.9. The summed E-state index contributed by atoms with van der Waals surface area (Å²) >= 11 is 0. The maximum Gasteiger partial charge on any atom is 0.604 e. The Balaban J connectivity index is 2.29. The van der Waals surface area contributed by atoms with Gasteiger partial charge in [-0.3, -0.25) is 4.52 Å². The Morgan fingerprint density at radius 1 is 1.00 bits per heavy atom. The molecule has 2 rings (SSSR count). The van der Waals surface area contributed by atoms with Crippen molar-refractivity contribution in [3.63, 3.8) is 0 Å². The summed E-state index contributed by atoms with van der Waals surface area (Å²) in [4.78, 5) is 0. The van der Waals surface area contributed by atoms with Crippen LogP contribution in [0.15, 0.2) is 42.5 Å². The minimum Gasteiger partial charge on any atom is -0.441 e. The van der Waals surface area contributed by atoms with Gasteiger partial charge in [0, 0.05) is 18.9 Å². The van der Waals surface area contributed by atoms with Crippen molar-refractivity contribution in [3.05, 3.63) is 53.6 Å². The van der Waals surface area contributed by atoms with Crippen LogP contribution in [0.2, 0.25) is 0 Å². The summed E-state index contributed by atoms with van der Waals surface area (Å²) in [6.45, 7) is 7.80. The van der Waals surface area contributed by atoms with Gasteiger partial charge in [-0.25, -0.2) is 4.57 Å². The Bertz CT molecular complexity index is 767. The molecule has 0 bridgehead atoms. The van der Waals surface area contributed by atoms with E-state index in [1.807, 2.05) is 45.9 Å². The molecule has 26 heavy (non-hydrogen) atoms. The summed E-state index contributed by atoms with van der Waals surface area (Å²) in [5, 5.41) is -0.945. The molecular formula is C19H23O5P2+. The molecule has 2 aromatic carbocycles. The quantitative estimate of drug-likeness (QED) is 0.449. The van der Waals surface area contributed by atoms with E-state index in [9.17, 15) is 9.13 Å². The molecule has 0 aliphatic rings. The lowest BCUT2D eigenvalue weighted by molar-refractivity contribution is 0.133. The molecule has 0 saturated heterocycles. The average Bonchev–Trinajstić information content (AvgIpc) is 2.62. The van der Waals surface area contributed by atoms with Crippen LogP contribution in [0.5, 0.6) is 17.2 Å². The van der Waals surface area contributed by atoms with E-state index in [0.717, 1.165) is 16.9 Å². The molecule has 0 N–H and O–H groups in total. The lowest BCUT2D eigenvalue weighted by atomic mass is 10.1. The summed E-state index contributed by atoms with van der Waals surface area (Å²) in [7, 11) is -2.64. The largest absolute Gasteiger partial charge is 0.604 e. The molecule has 0 aromatic heterocycles. The van der Waals surface area contributed by atoms with Gasteiger partial charge < -0.3 is 9.26 Å². The number of hydrogen-bond acceptors (Lipinski definition) is 5. The highest BCUT2D eigenvalue weighted by Gasteiger charge is 2.53. The van der Waals surface area contributed by atoms with Gasteiger partial charge in [0.05, 0.1) is 0 Å². The topological polar surface area (TPSA) is 61.8 Å². The molecule has 2 aromatic rings. The summed E-state index contributed by atoms with van der Waals surface area (Å²) in [5.41, 5.74) is 1.98. The average molecular weight is 393 g/mol. The summed E-state index contributed by atoms with van der Waals surface area (Å²) in [5.74, 6) is 1.49. The van der Waals surface area contributed by atoms with Gasteiger partial charge in [-0.1, -0.05) is 38.1 Å². The zero-order chi connectivity index (χ0) is 19.2. The lowest BCUT2D eigenvalue weighted by Gasteiger charge is -2.23. The number of ether oxygens (including phenoxy) is 1. The predicted octanol–water partition coefficient (Wildman–Crippen LogP) is 6.61. The first-order valence-corrected chi connectivity index (χ1v) is 10.4. The Labute approximate surface area is 156 Å². The van der Waals surface area contributed by atoms with Crippen molar-refractivity contribution in [3.8, 4) is 17.2 Å². The summed E-state index contributed by atoms with van der Waals surface area (Å²) in [6.07, 6.45) is 1.06. The highest BCUT2D eigenvalue weighted by atomic mass is 31.1. The fourth-order valence-electron chi connectivity index (χ4n) is 2.65. The summed E-state index contributed by atoms with van der Waals surface area (Å²) in [6, 6.07) is 12.5. The molecule has 1 atom stereocenters. The van der Waals surface area contributed by atoms with Crippen molar-refractivity contribution < 1.29 is 22.9 Å². The van der Waals surface area contributed by atoms with Crippen LogP contribution in [0, 0.1) is 13.8 Å². The monoisotopic (exact) mass is 393 g/mol. The van der Waals surface area contributed by atoms with Crippen molar-refractivity contribution in [2.24, 2.45) is 0 Å². The van der Waals surface area contributed by atoms with E-state index >= 15 is 0 Å². The first-order chi connectivity index (χ1) is 12.5. The highest BCUT2D eigenvalue weighted by molar-refractivity contribution is 7.41. The number of rotatable bonds is 9. The Kier molecular flexibility index (Phi) is 7.14. The second-order valence-electron chi connectivity index (χ2n) is 5.97. The smallest absolute Gasteiger partial charge is 0.441 e. The molecule has 0 heterocycles. The van der Waals surface area contributed by atoms with Crippen molar-refractivity contribution in [2.45, 2.75) is 45.9 Å². The minimum absolute atomic E-state index is 0.372. The van der Waals surface area contributed by atoms with E-state index in [-0.39, 0.29) is 0 Å². The molecule has 0 radical (unpaired) electrons. The predicted molar refractivity (Wildman–Crippen MR) is 103 cm³/mol. The molecular weight excluding hydrogens is 370 g/mol. The van der Waals surface area contributed by atoms with Gasteiger partial charge in [0.2, 0.25) is 0 Å². The van der Waals surface area contributed by atoms with Crippen LogP contribution in [0.1, 0.15) is 37.8 Å². The van der Waals surface area contributed by atoms with Gasteiger partial charge in [-0.15, -0.1) is 0 Å². The van der Waals surface area contributed by atoms with E-state index in [1.54, 1.807) is 24.3 Å². The SMILES string of the molecule is CCC(CC)(Oc1c(C)cccc1C)[P+](=O)Oc1cccc(OP=O)c1. The molecule has 138 valence electrons. The van der Waals surface area contributed by atoms with Crippen molar-refractivity contribution in [2.75, 3.05) is 0 Å². The number of hydrogen-bond donors (Lipinski definition) is 0. The number of para-hydroxylation sites is 1. The van der Waals surface area contributed by atoms with E-state index in [0.29, 0.717) is 24.3 Å². The van der Waals surface area contributed by atoms with Gasteiger partial charge in [0.1, 0.15) is 11.5 Å².